The van der Waals surface area contributed by atoms with Gasteiger partial charge in [0.25, 0.3) is 0 Å². The molecule has 3 aromatic rings. The van der Waals surface area contributed by atoms with Crippen LogP contribution in [-0.2, 0) is 13.5 Å². The molecule has 142 valence electrons. The first-order valence-electron chi connectivity index (χ1n) is 9.03. The number of thioether (sulfide) groups is 1. The summed E-state index contributed by atoms with van der Waals surface area (Å²) in [6.07, 6.45) is 0.319. The Kier molecular flexibility index (Phi) is 5.22. The van der Waals surface area contributed by atoms with E-state index in [0.29, 0.717) is 29.8 Å². The molecule has 1 aliphatic heterocycles. The summed E-state index contributed by atoms with van der Waals surface area (Å²) in [5.41, 5.74) is 2.34. The van der Waals surface area contributed by atoms with Gasteiger partial charge in [-0.2, -0.15) is 5.26 Å². The summed E-state index contributed by atoms with van der Waals surface area (Å²) in [6, 6.07) is 18.2. The number of para-hydroxylation sites is 2. The summed E-state index contributed by atoms with van der Waals surface area (Å²) in [5.74, 6) is 2.12. The minimum Gasteiger partial charge on any atom is -0.485 e. The number of rotatable bonds is 5. The second-order valence-corrected chi connectivity index (χ2v) is 7.86. The highest BCUT2D eigenvalue weighted by molar-refractivity contribution is 8.00. The van der Waals surface area contributed by atoms with E-state index in [1.807, 2.05) is 35.9 Å². The molecule has 0 saturated carbocycles. The number of nitrogens with zero attached hydrogens (tertiary/aromatic N) is 4. The van der Waals surface area contributed by atoms with E-state index in [-0.39, 0.29) is 11.4 Å². The van der Waals surface area contributed by atoms with Crippen molar-refractivity contribution in [2.45, 2.75) is 29.9 Å². The zero-order valence-corrected chi connectivity index (χ0v) is 16.5. The highest BCUT2D eigenvalue weighted by Gasteiger charge is 2.28. The van der Waals surface area contributed by atoms with Gasteiger partial charge < -0.3 is 14.0 Å². The van der Waals surface area contributed by atoms with Gasteiger partial charge in [0.2, 0.25) is 0 Å². The predicted octanol–water partition coefficient (Wildman–Crippen LogP) is 3.86. The molecule has 0 spiro atoms. The van der Waals surface area contributed by atoms with Crippen molar-refractivity contribution >= 4 is 11.8 Å². The molecule has 1 aromatic heterocycles. The Labute approximate surface area is 168 Å². The molecule has 0 bridgehead atoms. The molecular weight excluding hydrogens is 372 g/mol. The van der Waals surface area contributed by atoms with Crippen LogP contribution in [0.5, 0.6) is 11.5 Å². The van der Waals surface area contributed by atoms with Crippen LogP contribution in [0.4, 0.5) is 0 Å². The van der Waals surface area contributed by atoms with E-state index in [0.717, 1.165) is 11.3 Å². The molecule has 0 amide bonds. The van der Waals surface area contributed by atoms with Crippen molar-refractivity contribution in [3.05, 3.63) is 65.5 Å². The average Bonchev–Trinajstić information content (AvgIpc) is 3.09. The van der Waals surface area contributed by atoms with E-state index < -0.39 is 0 Å². The van der Waals surface area contributed by atoms with Crippen LogP contribution < -0.4 is 9.47 Å². The quantitative estimate of drug-likeness (QED) is 0.614. The highest BCUT2D eigenvalue weighted by atomic mass is 32.2. The predicted molar refractivity (Wildman–Crippen MR) is 106 cm³/mol. The topological polar surface area (TPSA) is 73.0 Å². The molecule has 2 heterocycles. The van der Waals surface area contributed by atoms with Gasteiger partial charge in [0.1, 0.15) is 11.9 Å². The minimum absolute atomic E-state index is 0.247. The molecule has 7 heteroatoms. The molecule has 1 aliphatic rings. The number of hydrogen-bond acceptors (Lipinski definition) is 6. The number of aromatic nitrogens is 3. The van der Waals surface area contributed by atoms with E-state index in [9.17, 15) is 5.26 Å². The summed E-state index contributed by atoms with van der Waals surface area (Å²) in [7, 11) is 1.89. The Morgan fingerprint density at radius 2 is 1.93 bits per heavy atom. The number of nitriles is 1. The highest BCUT2D eigenvalue weighted by Crippen LogP contribution is 2.36. The van der Waals surface area contributed by atoms with Crippen LogP contribution in [0.2, 0.25) is 0 Å². The van der Waals surface area contributed by atoms with Gasteiger partial charge in [-0.1, -0.05) is 53.7 Å². The SMILES string of the molecule is Cc1ccc(C[C@@H](C#N)Sc2nnc([C@H]3COc4ccccc4O3)n2C)cc1. The van der Waals surface area contributed by atoms with E-state index in [1.54, 1.807) is 0 Å². The number of ether oxygens (including phenoxy) is 2. The Morgan fingerprint density at radius 1 is 1.18 bits per heavy atom. The van der Waals surface area contributed by atoms with Gasteiger partial charge >= 0.3 is 0 Å². The summed E-state index contributed by atoms with van der Waals surface area (Å²) in [5, 5.41) is 18.6. The molecule has 2 atom stereocenters. The molecule has 0 fully saturated rings. The Hall–Kier alpha value is -2.98. The van der Waals surface area contributed by atoms with Gasteiger partial charge in [-0.05, 0) is 31.0 Å². The van der Waals surface area contributed by atoms with Gasteiger partial charge in [-0.3, -0.25) is 0 Å². The Bertz CT molecular complexity index is 1010. The summed E-state index contributed by atoms with van der Waals surface area (Å²) >= 11 is 1.42. The van der Waals surface area contributed by atoms with Crippen LogP contribution in [0.1, 0.15) is 23.1 Å². The lowest BCUT2D eigenvalue weighted by Crippen LogP contribution is -2.24. The largest absolute Gasteiger partial charge is 0.485 e. The van der Waals surface area contributed by atoms with Gasteiger partial charge in [0, 0.05) is 7.05 Å². The molecule has 0 radical (unpaired) electrons. The molecule has 6 nitrogen and oxygen atoms in total. The summed E-state index contributed by atoms with van der Waals surface area (Å²) < 4.78 is 13.7. The van der Waals surface area contributed by atoms with Crippen molar-refractivity contribution in [2.24, 2.45) is 7.05 Å². The lowest BCUT2D eigenvalue weighted by Gasteiger charge is -2.25. The second kappa shape index (κ2) is 7.95. The lowest BCUT2D eigenvalue weighted by atomic mass is 10.1. The number of hydrogen-bond donors (Lipinski definition) is 0. The zero-order valence-electron chi connectivity index (χ0n) is 15.7. The van der Waals surface area contributed by atoms with Crippen LogP contribution >= 0.6 is 11.8 Å². The monoisotopic (exact) mass is 392 g/mol. The average molecular weight is 392 g/mol. The first kappa shape index (κ1) is 18.4. The van der Waals surface area contributed by atoms with Gasteiger partial charge in [-0.25, -0.2) is 0 Å². The van der Waals surface area contributed by atoms with Crippen molar-refractivity contribution in [2.75, 3.05) is 6.61 Å². The molecular formula is C21H20N4O2S. The maximum Gasteiger partial charge on any atom is 0.192 e. The second-order valence-electron chi connectivity index (χ2n) is 6.69. The fraction of sp³-hybridized carbons (Fsp3) is 0.286. The van der Waals surface area contributed by atoms with Crippen LogP contribution in [0, 0.1) is 18.3 Å². The van der Waals surface area contributed by atoms with Gasteiger partial charge in [-0.15, -0.1) is 10.2 Å². The first-order valence-corrected chi connectivity index (χ1v) is 9.91. The van der Waals surface area contributed by atoms with Gasteiger partial charge in [0.15, 0.2) is 28.6 Å². The third-order valence-corrected chi connectivity index (χ3v) is 5.72. The third-order valence-electron chi connectivity index (χ3n) is 4.60. The van der Waals surface area contributed by atoms with Gasteiger partial charge in [0.05, 0.1) is 6.07 Å². The third kappa shape index (κ3) is 3.82. The number of benzene rings is 2. The van der Waals surface area contributed by atoms with Crippen LogP contribution in [0.3, 0.4) is 0 Å². The molecule has 0 N–H and O–H groups in total. The van der Waals surface area contributed by atoms with Crippen LogP contribution in [0.15, 0.2) is 53.7 Å². The van der Waals surface area contributed by atoms with E-state index in [1.165, 1.54) is 17.3 Å². The normalized spacial score (nSPS) is 16.4. The smallest absolute Gasteiger partial charge is 0.192 e. The summed E-state index contributed by atoms with van der Waals surface area (Å²) in [4.78, 5) is 0. The Morgan fingerprint density at radius 3 is 2.68 bits per heavy atom. The minimum atomic E-state index is -0.334. The standard InChI is InChI=1S/C21H20N4O2S/c1-14-7-9-15(10-8-14)11-16(12-22)28-21-24-23-20(25(21)2)19-13-26-17-5-3-4-6-18(17)27-19/h3-10,16,19H,11,13H2,1-2H3/t16-,19+/m0/s1. The van der Waals surface area contributed by atoms with E-state index >= 15 is 0 Å². The molecule has 28 heavy (non-hydrogen) atoms. The fourth-order valence-electron chi connectivity index (χ4n) is 3.04. The zero-order chi connectivity index (χ0) is 19.5. The van der Waals surface area contributed by atoms with Crippen molar-refractivity contribution in [3.63, 3.8) is 0 Å². The molecule has 4 rings (SSSR count). The van der Waals surface area contributed by atoms with Crippen LogP contribution in [-0.4, -0.2) is 26.6 Å². The summed E-state index contributed by atoms with van der Waals surface area (Å²) in [6.45, 7) is 2.43. The maximum atomic E-state index is 9.59. The lowest BCUT2D eigenvalue weighted by molar-refractivity contribution is 0.0825. The van der Waals surface area contributed by atoms with Crippen molar-refractivity contribution in [1.82, 2.24) is 14.8 Å². The molecule has 0 unspecified atom stereocenters. The Balaban J connectivity index is 1.47. The van der Waals surface area contributed by atoms with Crippen molar-refractivity contribution in [1.29, 1.82) is 5.26 Å². The fourth-order valence-corrected chi connectivity index (χ4v) is 3.96. The van der Waals surface area contributed by atoms with Crippen molar-refractivity contribution in [3.8, 4) is 17.6 Å². The molecule has 2 aromatic carbocycles. The van der Waals surface area contributed by atoms with Crippen molar-refractivity contribution < 1.29 is 9.47 Å². The molecule has 0 aliphatic carbocycles. The first-order chi connectivity index (χ1) is 13.6. The van der Waals surface area contributed by atoms with E-state index in [2.05, 4.69) is 47.5 Å². The number of aryl methyl sites for hydroxylation is 1. The molecule has 0 saturated heterocycles. The maximum absolute atomic E-state index is 9.59. The number of fused-ring (bicyclic) bond motifs is 1. The van der Waals surface area contributed by atoms with E-state index in [4.69, 9.17) is 9.47 Å². The van der Waals surface area contributed by atoms with Crippen LogP contribution in [0.25, 0.3) is 0 Å².